The Kier molecular flexibility index (Phi) is 3.98. The van der Waals surface area contributed by atoms with Crippen LogP contribution >= 0.6 is 0 Å². The SMILES string of the molecule is Cc1ccc(F)cc1CC1CCCCCC1. The molecule has 2 rings (SSSR count). The van der Waals surface area contributed by atoms with Gasteiger partial charge in [-0.3, -0.25) is 0 Å². The summed E-state index contributed by atoms with van der Waals surface area (Å²) in [5, 5.41) is 0. The molecular weight excluding hydrogens is 199 g/mol. The average Bonchev–Trinajstić information content (AvgIpc) is 2.52. The third-order valence-electron chi connectivity index (χ3n) is 3.79. The predicted octanol–water partition coefficient (Wildman–Crippen LogP) is 4.65. The van der Waals surface area contributed by atoms with E-state index in [2.05, 4.69) is 6.92 Å². The van der Waals surface area contributed by atoms with E-state index in [0.717, 1.165) is 12.3 Å². The Morgan fingerprint density at radius 2 is 1.81 bits per heavy atom. The number of hydrogen-bond donors (Lipinski definition) is 0. The van der Waals surface area contributed by atoms with Gasteiger partial charge in [0.15, 0.2) is 0 Å². The van der Waals surface area contributed by atoms with Crippen LogP contribution in [0.25, 0.3) is 0 Å². The molecule has 0 aromatic heterocycles. The van der Waals surface area contributed by atoms with E-state index in [9.17, 15) is 4.39 Å². The Morgan fingerprint density at radius 3 is 2.50 bits per heavy atom. The maximum atomic E-state index is 13.2. The van der Waals surface area contributed by atoms with Crippen molar-refractivity contribution in [2.24, 2.45) is 5.92 Å². The summed E-state index contributed by atoms with van der Waals surface area (Å²) in [4.78, 5) is 0. The Morgan fingerprint density at radius 1 is 1.12 bits per heavy atom. The molecule has 0 nitrogen and oxygen atoms in total. The van der Waals surface area contributed by atoms with E-state index in [1.807, 2.05) is 6.07 Å². The molecule has 1 aliphatic carbocycles. The Balaban J connectivity index is 2.04. The molecule has 0 aliphatic heterocycles. The van der Waals surface area contributed by atoms with Gasteiger partial charge in [0.25, 0.3) is 0 Å². The third kappa shape index (κ3) is 3.07. The summed E-state index contributed by atoms with van der Waals surface area (Å²) in [6.45, 7) is 2.09. The van der Waals surface area contributed by atoms with Crippen molar-refractivity contribution >= 4 is 0 Å². The van der Waals surface area contributed by atoms with Crippen LogP contribution in [-0.4, -0.2) is 0 Å². The standard InChI is InChI=1S/C15H21F/c1-12-8-9-15(16)11-14(12)10-13-6-4-2-3-5-7-13/h8-9,11,13H,2-7,10H2,1H3. The zero-order valence-electron chi connectivity index (χ0n) is 10.1. The van der Waals surface area contributed by atoms with Crippen molar-refractivity contribution in [1.29, 1.82) is 0 Å². The molecule has 0 saturated heterocycles. The van der Waals surface area contributed by atoms with Gasteiger partial charge in [0.2, 0.25) is 0 Å². The molecule has 0 amide bonds. The molecule has 1 aliphatic rings. The Bertz CT molecular complexity index is 335. The van der Waals surface area contributed by atoms with Crippen LogP contribution in [0.3, 0.4) is 0 Å². The van der Waals surface area contributed by atoms with E-state index in [1.54, 1.807) is 12.1 Å². The summed E-state index contributed by atoms with van der Waals surface area (Å²) in [6.07, 6.45) is 9.23. The van der Waals surface area contributed by atoms with Crippen LogP contribution in [0.15, 0.2) is 18.2 Å². The van der Waals surface area contributed by atoms with Gasteiger partial charge < -0.3 is 0 Å². The normalized spacial score (nSPS) is 18.4. The molecule has 0 bridgehead atoms. The molecule has 1 aromatic rings. The summed E-state index contributed by atoms with van der Waals surface area (Å²) < 4.78 is 13.2. The monoisotopic (exact) mass is 220 g/mol. The van der Waals surface area contributed by atoms with Crippen molar-refractivity contribution in [3.63, 3.8) is 0 Å². The molecule has 0 atom stereocenters. The number of halogens is 1. The molecule has 1 aromatic carbocycles. The molecule has 0 N–H and O–H groups in total. The van der Waals surface area contributed by atoms with Gasteiger partial charge in [-0.15, -0.1) is 0 Å². The van der Waals surface area contributed by atoms with Gasteiger partial charge in [-0.1, -0.05) is 44.6 Å². The van der Waals surface area contributed by atoms with Gasteiger partial charge in [0.1, 0.15) is 5.82 Å². The maximum Gasteiger partial charge on any atom is 0.123 e. The molecule has 0 spiro atoms. The Hall–Kier alpha value is -0.850. The number of aryl methyl sites for hydroxylation is 1. The first kappa shape index (κ1) is 11.6. The van der Waals surface area contributed by atoms with Crippen molar-refractivity contribution in [1.82, 2.24) is 0 Å². The van der Waals surface area contributed by atoms with Crippen molar-refractivity contribution in [2.75, 3.05) is 0 Å². The summed E-state index contributed by atoms with van der Waals surface area (Å²) in [5.74, 6) is 0.692. The quantitative estimate of drug-likeness (QED) is 0.636. The van der Waals surface area contributed by atoms with E-state index >= 15 is 0 Å². The summed E-state index contributed by atoms with van der Waals surface area (Å²) in [7, 11) is 0. The lowest BCUT2D eigenvalue weighted by Crippen LogP contribution is -2.05. The van der Waals surface area contributed by atoms with Crippen molar-refractivity contribution in [2.45, 2.75) is 51.9 Å². The second-order valence-corrected chi connectivity index (χ2v) is 5.13. The molecule has 0 radical (unpaired) electrons. The van der Waals surface area contributed by atoms with Crippen molar-refractivity contribution in [3.05, 3.63) is 35.1 Å². The largest absolute Gasteiger partial charge is 0.207 e. The van der Waals surface area contributed by atoms with E-state index in [4.69, 9.17) is 0 Å². The smallest absolute Gasteiger partial charge is 0.123 e. The zero-order chi connectivity index (χ0) is 11.4. The molecule has 0 heterocycles. The minimum atomic E-state index is -0.0887. The summed E-state index contributed by atoms with van der Waals surface area (Å²) >= 11 is 0. The lowest BCUT2D eigenvalue weighted by Gasteiger charge is -2.15. The third-order valence-corrected chi connectivity index (χ3v) is 3.79. The molecule has 1 fully saturated rings. The van der Waals surface area contributed by atoms with E-state index in [0.29, 0.717) is 0 Å². The fraction of sp³-hybridized carbons (Fsp3) is 0.600. The predicted molar refractivity (Wildman–Crippen MR) is 66.0 cm³/mol. The second-order valence-electron chi connectivity index (χ2n) is 5.13. The van der Waals surface area contributed by atoms with Gasteiger partial charge in [0.05, 0.1) is 0 Å². The first-order chi connectivity index (χ1) is 7.75. The lowest BCUT2D eigenvalue weighted by molar-refractivity contribution is 0.456. The van der Waals surface area contributed by atoms with Crippen LogP contribution in [0.2, 0.25) is 0 Å². The summed E-state index contributed by atoms with van der Waals surface area (Å²) in [6, 6.07) is 5.19. The van der Waals surface area contributed by atoms with Crippen LogP contribution in [0.4, 0.5) is 4.39 Å². The molecule has 1 saturated carbocycles. The zero-order valence-corrected chi connectivity index (χ0v) is 10.1. The van der Waals surface area contributed by atoms with Gasteiger partial charge >= 0.3 is 0 Å². The maximum absolute atomic E-state index is 13.2. The van der Waals surface area contributed by atoms with Gasteiger partial charge in [-0.05, 0) is 42.5 Å². The minimum absolute atomic E-state index is 0.0887. The highest BCUT2D eigenvalue weighted by atomic mass is 19.1. The molecule has 1 heteroatoms. The highest BCUT2D eigenvalue weighted by molar-refractivity contribution is 5.26. The average molecular weight is 220 g/mol. The van der Waals surface area contributed by atoms with E-state index in [-0.39, 0.29) is 5.82 Å². The van der Waals surface area contributed by atoms with Gasteiger partial charge in [-0.2, -0.15) is 0 Å². The highest BCUT2D eigenvalue weighted by Crippen LogP contribution is 2.27. The molecule has 88 valence electrons. The Labute approximate surface area is 97.9 Å². The topological polar surface area (TPSA) is 0 Å². The van der Waals surface area contributed by atoms with Crippen molar-refractivity contribution in [3.8, 4) is 0 Å². The number of benzene rings is 1. The first-order valence-electron chi connectivity index (χ1n) is 6.51. The van der Waals surface area contributed by atoms with Crippen LogP contribution in [0.5, 0.6) is 0 Å². The number of hydrogen-bond acceptors (Lipinski definition) is 0. The van der Waals surface area contributed by atoms with E-state index < -0.39 is 0 Å². The fourth-order valence-corrected chi connectivity index (χ4v) is 2.74. The van der Waals surface area contributed by atoms with Crippen LogP contribution in [-0.2, 0) is 6.42 Å². The molecule has 16 heavy (non-hydrogen) atoms. The molecule has 0 unspecified atom stereocenters. The summed E-state index contributed by atoms with van der Waals surface area (Å²) in [5.41, 5.74) is 2.46. The van der Waals surface area contributed by atoms with Gasteiger partial charge in [0, 0.05) is 0 Å². The number of rotatable bonds is 2. The van der Waals surface area contributed by atoms with Crippen LogP contribution < -0.4 is 0 Å². The second kappa shape index (κ2) is 5.47. The fourth-order valence-electron chi connectivity index (χ4n) is 2.74. The van der Waals surface area contributed by atoms with Gasteiger partial charge in [-0.25, -0.2) is 4.39 Å². The minimum Gasteiger partial charge on any atom is -0.207 e. The van der Waals surface area contributed by atoms with E-state index in [1.165, 1.54) is 49.7 Å². The van der Waals surface area contributed by atoms with Crippen LogP contribution in [0.1, 0.15) is 49.7 Å². The molecular formula is C15H21F. The highest BCUT2D eigenvalue weighted by Gasteiger charge is 2.14. The van der Waals surface area contributed by atoms with Crippen LogP contribution in [0, 0.1) is 18.7 Å². The van der Waals surface area contributed by atoms with Crippen molar-refractivity contribution < 1.29 is 4.39 Å². The first-order valence-corrected chi connectivity index (χ1v) is 6.51. The lowest BCUT2D eigenvalue weighted by atomic mass is 9.90.